The molecule has 1 aromatic carbocycles. The van der Waals surface area contributed by atoms with Crippen LogP contribution in [0.1, 0.15) is 18.9 Å². The third kappa shape index (κ3) is 2.20. The fourth-order valence-corrected chi connectivity index (χ4v) is 2.39. The van der Waals surface area contributed by atoms with Gasteiger partial charge in [-0.25, -0.2) is 0 Å². The molecule has 2 N–H and O–H groups in total. The Bertz CT molecular complexity index is 442. The summed E-state index contributed by atoms with van der Waals surface area (Å²) in [6, 6.07) is 7.37. The molecule has 1 aromatic rings. The summed E-state index contributed by atoms with van der Waals surface area (Å²) in [7, 11) is 3.85. The first-order valence-corrected chi connectivity index (χ1v) is 6.16. The number of anilines is 1. The summed E-state index contributed by atoms with van der Waals surface area (Å²) in [4.78, 5) is 14.1. The van der Waals surface area contributed by atoms with E-state index in [1.807, 2.05) is 43.3 Å². The molecular formula is C14H20N2O2. The summed E-state index contributed by atoms with van der Waals surface area (Å²) in [5.74, 6) is 0.239. The van der Waals surface area contributed by atoms with Crippen molar-refractivity contribution in [2.75, 3.05) is 19.8 Å². The summed E-state index contributed by atoms with van der Waals surface area (Å²) >= 11 is 0. The van der Waals surface area contributed by atoms with Crippen LogP contribution >= 0.6 is 0 Å². The molecule has 0 radical (unpaired) electrons. The molecule has 0 amide bonds. The zero-order valence-corrected chi connectivity index (χ0v) is 11.1. The van der Waals surface area contributed by atoms with Crippen molar-refractivity contribution < 1.29 is 9.53 Å². The van der Waals surface area contributed by atoms with E-state index in [2.05, 4.69) is 6.92 Å². The maximum atomic E-state index is 12.1. The van der Waals surface area contributed by atoms with Gasteiger partial charge in [-0.3, -0.25) is 9.69 Å². The van der Waals surface area contributed by atoms with Crippen molar-refractivity contribution in [2.24, 2.45) is 5.92 Å². The van der Waals surface area contributed by atoms with Gasteiger partial charge in [0.05, 0.1) is 0 Å². The zero-order valence-electron chi connectivity index (χ0n) is 11.1. The molecule has 4 nitrogen and oxygen atoms in total. The highest BCUT2D eigenvalue weighted by Gasteiger charge is 2.60. The lowest BCUT2D eigenvalue weighted by Gasteiger charge is -2.23. The van der Waals surface area contributed by atoms with Gasteiger partial charge in [0.25, 0.3) is 0 Å². The molecule has 2 unspecified atom stereocenters. The van der Waals surface area contributed by atoms with E-state index >= 15 is 0 Å². The van der Waals surface area contributed by atoms with Gasteiger partial charge in [-0.15, -0.1) is 0 Å². The number of nitrogen functional groups attached to an aromatic ring is 1. The van der Waals surface area contributed by atoms with E-state index in [0.717, 1.165) is 12.0 Å². The summed E-state index contributed by atoms with van der Waals surface area (Å²) in [5, 5.41) is 0. The normalized spacial score (nSPS) is 26.1. The van der Waals surface area contributed by atoms with E-state index in [-0.39, 0.29) is 5.97 Å². The zero-order chi connectivity index (χ0) is 13.3. The van der Waals surface area contributed by atoms with E-state index in [9.17, 15) is 4.79 Å². The monoisotopic (exact) mass is 248 g/mol. The predicted molar refractivity (Wildman–Crippen MR) is 70.8 cm³/mol. The van der Waals surface area contributed by atoms with Gasteiger partial charge in [0, 0.05) is 5.69 Å². The second-order valence-electron chi connectivity index (χ2n) is 5.24. The van der Waals surface area contributed by atoms with Crippen LogP contribution in [0.4, 0.5) is 5.69 Å². The Labute approximate surface area is 108 Å². The van der Waals surface area contributed by atoms with Crippen molar-refractivity contribution in [1.82, 2.24) is 4.90 Å². The first kappa shape index (κ1) is 12.9. The van der Waals surface area contributed by atoms with E-state index in [1.165, 1.54) is 0 Å². The molecule has 0 bridgehead atoms. The van der Waals surface area contributed by atoms with E-state index in [0.29, 0.717) is 18.2 Å². The minimum Gasteiger partial charge on any atom is -0.459 e. The molecule has 1 aliphatic rings. The molecule has 2 rings (SSSR count). The highest BCUT2D eigenvalue weighted by molar-refractivity contribution is 5.85. The number of likely N-dealkylation sites (N-methyl/N-ethyl adjacent to an activating group) is 1. The summed E-state index contributed by atoms with van der Waals surface area (Å²) < 4.78 is 5.41. The van der Waals surface area contributed by atoms with Crippen molar-refractivity contribution in [3.8, 4) is 0 Å². The van der Waals surface area contributed by atoms with Crippen LogP contribution in [0.25, 0.3) is 0 Å². The SMILES string of the molecule is CC1CC1(C(=O)OCc1ccc(N)cc1)N(C)C. The van der Waals surface area contributed by atoms with Crippen molar-refractivity contribution in [3.05, 3.63) is 29.8 Å². The second kappa shape index (κ2) is 4.61. The Morgan fingerprint density at radius 1 is 1.44 bits per heavy atom. The fourth-order valence-electron chi connectivity index (χ4n) is 2.39. The van der Waals surface area contributed by atoms with Crippen molar-refractivity contribution in [2.45, 2.75) is 25.5 Å². The molecule has 1 saturated carbocycles. The maximum absolute atomic E-state index is 12.1. The lowest BCUT2D eigenvalue weighted by molar-refractivity contribution is -0.152. The third-order valence-corrected chi connectivity index (χ3v) is 3.77. The van der Waals surface area contributed by atoms with Crippen LogP contribution in [0, 0.1) is 5.92 Å². The van der Waals surface area contributed by atoms with Gasteiger partial charge in [0.2, 0.25) is 0 Å². The first-order valence-electron chi connectivity index (χ1n) is 6.16. The molecule has 0 spiro atoms. The number of carbonyl (C=O) groups is 1. The molecule has 0 saturated heterocycles. The third-order valence-electron chi connectivity index (χ3n) is 3.77. The van der Waals surface area contributed by atoms with Gasteiger partial charge in [-0.2, -0.15) is 0 Å². The topological polar surface area (TPSA) is 55.6 Å². The molecule has 4 heteroatoms. The number of nitrogens with two attached hydrogens (primary N) is 1. The molecule has 98 valence electrons. The molecule has 2 atom stereocenters. The number of ether oxygens (including phenoxy) is 1. The average molecular weight is 248 g/mol. The minimum absolute atomic E-state index is 0.128. The van der Waals surface area contributed by atoms with Crippen LogP contribution in [0.5, 0.6) is 0 Å². The number of hydrogen-bond donors (Lipinski definition) is 1. The van der Waals surface area contributed by atoms with Gasteiger partial charge in [0.15, 0.2) is 0 Å². The van der Waals surface area contributed by atoms with Gasteiger partial charge < -0.3 is 10.5 Å². The fraction of sp³-hybridized carbons (Fsp3) is 0.500. The van der Waals surface area contributed by atoms with Crippen molar-refractivity contribution in [3.63, 3.8) is 0 Å². The summed E-state index contributed by atoms with van der Waals surface area (Å²) in [6.07, 6.45) is 0.876. The first-order chi connectivity index (χ1) is 8.46. The average Bonchev–Trinajstić information content (AvgIpc) is 3.01. The Hall–Kier alpha value is -1.55. The Balaban J connectivity index is 1.95. The molecule has 0 aromatic heterocycles. The Morgan fingerprint density at radius 3 is 2.44 bits per heavy atom. The number of hydrogen-bond acceptors (Lipinski definition) is 4. The van der Waals surface area contributed by atoms with Crippen LogP contribution in [0.15, 0.2) is 24.3 Å². The van der Waals surface area contributed by atoms with E-state index in [1.54, 1.807) is 0 Å². The van der Waals surface area contributed by atoms with Crippen LogP contribution in [0.3, 0.4) is 0 Å². The maximum Gasteiger partial charge on any atom is 0.327 e. The van der Waals surface area contributed by atoms with Crippen LogP contribution in [-0.2, 0) is 16.1 Å². The lowest BCUT2D eigenvalue weighted by atomic mass is 10.2. The van der Waals surface area contributed by atoms with Gasteiger partial charge in [-0.05, 0) is 44.1 Å². The second-order valence-corrected chi connectivity index (χ2v) is 5.24. The predicted octanol–water partition coefficient (Wildman–Crippen LogP) is 1.65. The molecular weight excluding hydrogens is 228 g/mol. The van der Waals surface area contributed by atoms with Crippen LogP contribution in [-0.4, -0.2) is 30.5 Å². The van der Waals surface area contributed by atoms with Gasteiger partial charge in [0.1, 0.15) is 12.1 Å². The number of benzene rings is 1. The van der Waals surface area contributed by atoms with Gasteiger partial charge >= 0.3 is 5.97 Å². The van der Waals surface area contributed by atoms with E-state index in [4.69, 9.17) is 10.5 Å². The molecule has 0 aliphatic heterocycles. The molecule has 0 heterocycles. The Morgan fingerprint density at radius 2 is 2.00 bits per heavy atom. The highest BCUT2D eigenvalue weighted by atomic mass is 16.5. The van der Waals surface area contributed by atoms with Crippen LogP contribution in [0.2, 0.25) is 0 Å². The van der Waals surface area contributed by atoms with Crippen molar-refractivity contribution in [1.29, 1.82) is 0 Å². The largest absolute Gasteiger partial charge is 0.459 e. The minimum atomic E-state index is -0.409. The number of rotatable bonds is 4. The van der Waals surface area contributed by atoms with Gasteiger partial charge in [-0.1, -0.05) is 19.1 Å². The number of esters is 1. The molecule has 18 heavy (non-hydrogen) atoms. The smallest absolute Gasteiger partial charge is 0.327 e. The Kier molecular flexibility index (Phi) is 3.30. The molecule has 1 fully saturated rings. The quantitative estimate of drug-likeness (QED) is 0.650. The van der Waals surface area contributed by atoms with E-state index < -0.39 is 5.54 Å². The standard InChI is InChI=1S/C14H20N2O2/c1-10-8-14(10,16(2)3)13(17)18-9-11-4-6-12(15)7-5-11/h4-7,10H,8-9,15H2,1-3H3. The van der Waals surface area contributed by atoms with Crippen LogP contribution < -0.4 is 5.73 Å². The molecule has 1 aliphatic carbocycles. The highest BCUT2D eigenvalue weighted by Crippen LogP contribution is 2.47. The summed E-state index contributed by atoms with van der Waals surface area (Å²) in [6.45, 7) is 2.38. The number of nitrogens with zero attached hydrogens (tertiary/aromatic N) is 1. The lowest BCUT2D eigenvalue weighted by Crippen LogP contribution is -2.41. The summed E-state index contributed by atoms with van der Waals surface area (Å²) in [5.41, 5.74) is 6.87. The number of carbonyl (C=O) groups excluding carboxylic acids is 1. The van der Waals surface area contributed by atoms with Crippen molar-refractivity contribution >= 4 is 11.7 Å².